The Bertz CT molecular complexity index is 697. The zero-order valence-electron chi connectivity index (χ0n) is 13.7. The number of urea groups is 1. The molecule has 6 heteroatoms. The molecule has 1 aliphatic carbocycles. The van der Waals surface area contributed by atoms with Crippen LogP contribution in [-0.4, -0.2) is 25.1 Å². The summed E-state index contributed by atoms with van der Waals surface area (Å²) in [5.41, 5.74) is 3.45. The summed E-state index contributed by atoms with van der Waals surface area (Å²) in [5.74, 6) is 0.415. The minimum atomic E-state index is -0.141. The lowest BCUT2D eigenvalue weighted by molar-refractivity contribution is 0.233. The van der Waals surface area contributed by atoms with Gasteiger partial charge in [-0.25, -0.2) is 9.78 Å². The van der Waals surface area contributed by atoms with Crippen LogP contribution in [0.3, 0.4) is 0 Å². The molecule has 2 aromatic rings. The lowest BCUT2D eigenvalue weighted by atomic mass is 10.0. The Labute approximate surface area is 140 Å². The van der Waals surface area contributed by atoms with E-state index in [2.05, 4.69) is 40.7 Å². The predicted octanol–water partition coefficient (Wildman–Crippen LogP) is 2.94. The highest BCUT2D eigenvalue weighted by Crippen LogP contribution is 2.35. The number of hydrogen-bond acceptors (Lipinski definition) is 4. The van der Waals surface area contributed by atoms with Gasteiger partial charge in [-0.1, -0.05) is 31.2 Å². The lowest BCUT2D eigenvalue weighted by Gasteiger charge is -2.19. The van der Waals surface area contributed by atoms with E-state index >= 15 is 0 Å². The average molecular weight is 330 g/mol. The van der Waals surface area contributed by atoms with Crippen molar-refractivity contribution in [3.8, 4) is 0 Å². The second-order valence-electron chi connectivity index (χ2n) is 6.20. The Hall–Kier alpha value is -2.08. The van der Waals surface area contributed by atoms with Crippen LogP contribution in [0.15, 0.2) is 29.6 Å². The van der Waals surface area contributed by atoms with Crippen LogP contribution in [0.25, 0.3) is 0 Å². The molecule has 0 saturated heterocycles. The van der Waals surface area contributed by atoms with Gasteiger partial charge in [0.1, 0.15) is 0 Å². The van der Waals surface area contributed by atoms with E-state index in [0.717, 1.165) is 17.2 Å². The average Bonchev–Trinajstić information content (AvgIpc) is 3.11. The molecule has 0 aliphatic heterocycles. The number of fused-ring (bicyclic) bond motifs is 1. The summed E-state index contributed by atoms with van der Waals surface area (Å²) in [6, 6.07) is 8.27. The number of benzene rings is 1. The van der Waals surface area contributed by atoms with Gasteiger partial charge in [0.05, 0.1) is 18.3 Å². The molecule has 0 spiro atoms. The van der Waals surface area contributed by atoms with Gasteiger partial charge in [-0.2, -0.15) is 0 Å². The van der Waals surface area contributed by atoms with Crippen LogP contribution in [-0.2, 0) is 13.0 Å². The van der Waals surface area contributed by atoms with Crippen LogP contribution in [0, 0.1) is 5.92 Å². The first-order chi connectivity index (χ1) is 11.0. The van der Waals surface area contributed by atoms with E-state index < -0.39 is 0 Å². The third-order valence-corrected chi connectivity index (χ3v) is 5.20. The Balaban J connectivity index is 1.57. The van der Waals surface area contributed by atoms with Crippen LogP contribution < -0.4 is 15.5 Å². The number of nitrogens with one attached hydrogen (secondary N) is 2. The largest absolute Gasteiger partial charge is 0.354 e. The van der Waals surface area contributed by atoms with Gasteiger partial charge in [-0.3, -0.25) is 0 Å². The van der Waals surface area contributed by atoms with Crippen molar-refractivity contribution in [1.29, 1.82) is 0 Å². The number of hydrogen-bond donors (Lipinski definition) is 2. The van der Waals surface area contributed by atoms with E-state index in [0.29, 0.717) is 12.5 Å². The molecule has 2 amide bonds. The van der Waals surface area contributed by atoms with Crippen molar-refractivity contribution in [2.75, 3.05) is 19.0 Å². The van der Waals surface area contributed by atoms with E-state index in [1.807, 2.05) is 30.4 Å². The first-order valence-electron chi connectivity index (χ1n) is 7.78. The maximum atomic E-state index is 12.2. The van der Waals surface area contributed by atoms with Crippen LogP contribution in [0.1, 0.15) is 29.8 Å². The van der Waals surface area contributed by atoms with Gasteiger partial charge in [0.2, 0.25) is 0 Å². The number of nitrogens with zero attached hydrogens (tertiary/aromatic N) is 2. The number of thiazole rings is 1. The zero-order chi connectivity index (χ0) is 16.4. The van der Waals surface area contributed by atoms with Crippen molar-refractivity contribution in [1.82, 2.24) is 15.6 Å². The number of amides is 2. The topological polar surface area (TPSA) is 57.3 Å². The lowest BCUT2D eigenvalue weighted by Crippen LogP contribution is -2.38. The van der Waals surface area contributed by atoms with Gasteiger partial charge in [0.25, 0.3) is 0 Å². The Morgan fingerprint density at radius 1 is 1.39 bits per heavy atom. The summed E-state index contributed by atoms with van der Waals surface area (Å²) in [4.78, 5) is 18.6. The highest BCUT2D eigenvalue weighted by molar-refractivity contribution is 7.13. The maximum absolute atomic E-state index is 12.2. The highest BCUT2D eigenvalue weighted by Gasteiger charge is 2.30. The van der Waals surface area contributed by atoms with Crippen LogP contribution in [0.4, 0.5) is 9.93 Å². The quantitative estimate of drug-likeness (QED) is 0.906. The van der Waals surface area contributed by atoms with Gasteiger partial charge < -0.3 is 15.5 Å². The Kier molecular flexibility index (Phi) is 4.52. The molecule has 5 nitrogen and oxygen atoms in total. The van der Waals surface area contributed by atoms with Crippen molar-refractivity contribution >= 4 is 22.5 Å². The summed E-state index contributed by atoms with van der Waals surface area (Å²) in [5, 5.41) is 8.93. The van der Waals surface area contributed by atoms with Crippen LogP contribution >= 0.6 is 11.3 Å². The first kappa shape index (κ1) is 15.8. The molecule has 2 N–H and O–H groups in total. The van der Waals surface area contributed by atoms with Gasteiger partial charge in [0.15, 0.2) is 5.13 Å². The van der Waals surface area contributed by atoms with Crippen LogP contribution in [0.2, 0.25) is 0 Å². The summed E-state index contributed by atoms with van der Waals surface area (Å²) in [6.45, 7) is 2.62. The molecule has 1 aromatic carbocycles. The van der Waals surface area contributed by atoms with Crippen molar-refractivity contribution < 1.29 is 4.79 Å². The highest BCUT2D eigenvalue weighted by atomic mass is 32.1. The van der Waals surface area contributed by atoms with Gasteiger partial charge in [0, 0.05) is 19.5 Å². The molecule has 0 saturated carbocycles. The summed E-state index contributed by atoms with van der Waals surface area (Å²) < 4.78 is 0. The SMILES string of the molecule is C[C@H]1Cc2ccccc2[C@H]1NC(=O)NCc1csc(N(C)C)n1. The minimum absolute atomic E-state index is 0.0824. The number of carbonyl (C=O) groups is 1. The van der Waals surface area contributed by atoms with E-state index in [-0.39, 0.29) is 12.1 Å². The van der Waals surface area contributed by atoms with E-state index in [4.69, 9.17) is 0 Å². The molecule has 122 valence electrons. The van der Waals surface area contributed by atoms with Gasteiger partial charge in [-0.15, -0.1) is 11.3 Å². The van der Waals surface area contributed by atoms with Crippen LogP contribution in [0.5, 0.6) is 0 Å². The standard InChI is InChI=1S/C17H22N4OS/c1-11-8-12-6-4-5-7-14(12)15(11)20-16(22)18-9-13-10-23-17(19-13)21(2)3/h4-7,10-11,15H,8-9H2,1-3H3,(H2,18,20,22)/t11-,15-/m0/s1. The van der Waals surface area contributed by atoms with E-state index in [9.17, 15) is 4.79 Å². The fourth-order valence-corrected chi connectivity index (χ4v) is 3.72. The van der Waals surface area contributed by atoms with Crippen molar-refractivity contribution in [2.45, 2.75) is 25.9 Å². The molecule has 0 bridgehead atoms. The smallest absolute Gasteiger partial charge is 0.315 e. The Morgan fingerprint density at radius 3 is 2.91 bits per heavy atom. The first-order valence-corrected chi connectivity index (χ1v) is 8.66. The maximum Gasteiger partial charge on any atom is 0.315 e. The van der Waals surface area contributed by atoms with E-state index in [1.165, 1.54) is 11.1 Å². The number of rotatable bonds is 4. The fraction of sp³-hybridized carbons (Fsp3) is 0.412. The zero-order valence-corrected chi connectivity index (χ0v) is 14.5. The second-order valence-corrected chi connectivity index (χ2v) is 7.04. The third kappa shape index (κ3) is 3.47. The molecule has 1 aliphatic rings. The summed E-state index contributed by atoms with van der Waals surface area (Å²) in [7, 11) is 3.92. The monoisotopic (exact) mass is 330 g/mol. The van der Waals surface area contributed by atoms with Crippen molar-refractivity contribution in [3.63, 3.8) is 0 Å². The minimum Gasteiger partial charge on any atom is -0.354 e. The molecule has 0 unspecified atom stereocenters. The predicted molar refractivity (Wildman–Crippen MR) is 93.9 cm³/mol. The summed E-state index contributed by atoms with van der Waals surface area (Å²) in [6.07, 6.45) is 1.01. The van der Waals surface area contributed by atoms with Crippen molar-refractivity contribution in [3.05, 3.63) is 46.5 Å². The molecular formula is C17H22N4OS. The summed E-state index contributed by atoms with van der Waals surface area (Å²) >= 11 is 1.58. The van der Waals surface area contributed by atoms with E-state index in [1.54, 1.807) is 11.3 Å². The normalized spacial score (nSPS) is 19.3. The number of anilines is 1. The fourth-order valence-electron chi connectivity index (χ4n) is 2.96. The molecular weight excluding hydrogens is 308 g/mol. The number of carbonyl (C=O) groups excluding carboxylic acids is 1. The van der Waals surface area contributed by atoms with Gasteiger partial charge in [-0.05, 0) is 23.5 Å². The molecule has 1 aromatic heterocycles. The molecule has 0 fully saturated rings. The Morgan fingerprint density at radius 2 is 2.17 bits per heavy atom. The second kappa shape index (κ2) is 6.58. The molecule has 23 heavy (non-hydrogen) atoms. The molecule has 2 atom stereocenters. The van der Waals surface area contributed by atoms with Gasteiger partial charge >= 0.3 is 6.03 Å². The molecule has 1 heterocycles. The molecule has 0 radical (unpaired) electrons. The molecule has 3 rings (SSSR count). The van der Waals surface area contributed by atoms with Crippen molar-refractivity contribution in [2.24, 2.45) is 5.92 Å². The third-order valence-electron chi connectivity index (χ3n) is 4.14. The number of aromatic nitrogens is 1.